The van der Waals surface area contributed by atoms with Gasteiger partial charge in [-0.25, -0.2) is 0 Å². The van der Waals surface area contributed by atoms with Crippen molar-refractivity contribution in [1.82, 2.24) is 5.43 Å². The molecule has 4 aliphatic rings. The van der Waals surface area contributed by atoms with Crippen molar-refractivity contribution < 1.29 is 0 Å². The van der Waals surface area contributed by atoms with E-state index in [0.717, 1.165) is 23.4 Å². The minimum atomic E-state index is 0.348. The standard InChI is InChI=1S/C20H27N3S/c1-13-3-5-18(6-4-13)21-19(24)23-22-14(2)20-10-15-7-16(11-20)9-17(8-15)12-20/h3-6,15-17H,7-12H2,1-2H3,(H2,21,23,24)/b22-14+. The maximum Gasteiger partial charge on any atom is 0.191 e. The van der Waals surface area contributed by atoms with Gasteiger partial charge >= 0.3 is 0 Å². The third-order valence-corrected chi connectivity index (χ3v) is 6.63. The molecule has 4 aliphatic carbocycles. The number of benzene rings is 1. The van der Waals surface area contributed by atoms with Crippen LogP contribution in [0.3, 0.4) is 0 Å². The quantitative estimate of drug-likeness (QED) is 0.468. The number of aryl methyl sites for hydroxylation is 1. The van der Waals surface area contributed by atoms with Gasteiger partial charge in [-0.3, -0.25) is 5.43 Å². The molecule has 0 radical (unpaired) electrons. The van der Waals surface area contributed by atoms with Gasteiger partial charge in [0.05, 0.1) is 0 Å². The molecular weight excluding hydrogens is 314 g/mol. The second kappa shape index (κ2) is 6.14. The molecule has 0 atom stereocenters. The Morgan fingerprint density at radius 3 is 2.12 bits per heavy atom. The van der Waals surface area contributed by atoms with Crippen molar-refractivity contribution in [3.8, 4) is 0 Å². The molecule has 4 saturated carbocycles. The van der Waals surface area contributed by atoms with Gasteiger partial charge in [0.1, 0.15) is 0 Å². The fraction of sp³-hybridized carbons (Fsp3) is 0.600. The Bertz CT molecular complexity index is 627. The first-order valence-corrected chi connectivity index (χ1v) is 9.62. The fourth-order valence-corrected chi connectivity index (χ4v) is 5.77. The summed E-state index contributed by atoms with van der Waals surface area (Å²) in [6.07, 6.45) is 8.42. The third-order valence-electron chi connectivity index (χ3n) is 6.44. The van der Waals surface area contributed by atoms with Crippen LogP contribution in [-0.2, 0) is 0 Å². The van der Waals surface area contributed by atoms with Crippen LogP contribution in [0.4, 0.5) is 5.69 Å². The lowest BCUT2D eigenvalue weighted by molar-refractivity contribution is -0.0128. The average Bonchev–Trinajstić information content (AvgIpc) is 2.53. The van der Waals surface area contributed by atoms with E-state index < -0.39 is 0 Å². The van der Waals surface area contributed by atoms with Crippen LogP contribution in [0.15, 0.2) is 29.4 Å². The Morgan fingerprint density at radius 2 is 1.58 bits per heavy atom. The van der Waals surface area contributed by atoms with Crippen molar-refractivity contribution in [2.45, 2.75) is 52.4 Å². The first kappa shape index (κ1) is 16.1. The Morgan fingerprint density at radius 1 is 1.04 bits per heavy atom. The van der Waals surface area contributed by atoms with Crippen molar-refractivity contribution in [3.05, 3.63) is 29.8 Å². The summed E-state index contributed by atoms with van der Waals surface area (Å²) in [7, 11) is 0. The molecule has 0 aromatic heterocycles. The van der Waals surface area contributed by atoms with E-state index in [-0.39, 0.29) is 0 Å². The highest BCUT2D eigenvalue weighted by Gasteiger charge is 2.52. The lowest BCUT2D eigenvalue weighted by atomic mass is 9.48. The molecule has 4 bridgehead atoms. The van der Waals surface area contributed by atoms with Crippen LogP contribution in [0.5, 0.6) is 0 Å². The lowest BCUT2D eigenvalue weighted by Crippen LogP contribution is -2.49. The minimum absolute atomic E-state index is 0.348. The van der Waals surface area contributed by atoms with E-state index >= 15 is 0 Å². The Labute approximate surface area is 150 Å². The van der Waals surface area contributed by atoms with Gasteiger partial charge in [-0.2, -0.15) is 5.10 Å². The van der Waals surface area contributed by atoms with Crippen molar-refractivity contribution in [3.63, 3.8) is 0 Å². The number of nitrogens with one attached hydrogen (secondary N) is 2. The molecule has 4 fully saturated rings. The van der Waals surface area contributed by atoms with Crippen molar-refractivity contribution in [2.75, 3.05) is 5.32 Å². The van der Waals surface area contributed by atoms with Crippen molar-refractivity contribution in [2.24, 2.45) is 28.3 Å². The summed E-state index contributed by atoms with van der Waals surface area (Å²) in [5, 5.41) is 8.47. The summed E-state index contributed by atoms with van der Waals surface area (Å²) in [4.78, 5) is 0. The van der Waals surface area contributed by atoms with Crippen LogP contribution in [0.2, 0.25) is 0 Å². The number of rotatable bonds is 3. The smallest absolute Gasteiger partial charge is 0.191 e. The minimum Gasteiger partial charge on any atom is -0.331 e. The maximum atomic E-state index is 5.40. The van der Waals surface area contributed by atoms with E-state index in [2.05, 4.69) is 36.7 Å². The van der Waals surface area contributed by atoms with E-state index in [0.29, 0.717) is 10.5 Å². The van der Waals surface area contributed by atoms with Crippen LogP contribution in [0.25, 0.3) is 0 Å². The largest absolute Gasteiger partial charge is 0.331 e. The summed E-state index contributed by atoms with van der Waals surface area (Å²) in [6.45, 7) is 4.29. The lowest BCUT2D eigenvalue weighted by Gasteiger charge is -2.56. The second-order valence-corrected chi connectivity index (χ2v) is 8.74. The molecule has 128 valence electrons. The van der Waals surface area contributed by atoms with Gasteiger partial charge in [0.2, 0.25) is 0 Å². The zero-order valence-electron chi connectivity index (χ0n) is 14.6. The van der Waals surface area contributed by atoms with Crippen LogP contribution in [0, 0.1) is 30.1 Å². The highest BCUT2D eigenvalue weighted by molar-refractivity contribution is 7.80. The number of anilines is 1. The van der Waals surface area contributed by atoms with Crippen LogP contribution in [-0.4, -0.2) is 10.8 Å². The topological polar surface area (TPSA) is 36.4 Å². The SMILES string of the molecule is C/C(=N\NC(=S)Nc1ccc(C)cc1)C12CC3CC(CC(C3)C1)C2. The summed E-state index contributed by atoms with van der Waals surface area (Å²) in [5.74, 6) is 2.83. The van der Waals surface area contributed by atoms with Crippen molar-refractivity contribution in [1.29, 1.82) is 0 Å². The second-order valence-electron chi connectivity index (χ2n) is 8.33. The zero-order valence-corrected chi connectivity index (χ0v) is 15.5. The van der Waals surface area contributed by atoms with E-state index in [1.54, 1.807) is 0 Å². The number of thiocarbonyl (C=S) groups is 1. The molecule has 3 nitrogen and oxygen atoms in total. The highest BCUT2D eigenvalue weighted by Crippen LogP contribution is 2.60. The summed E-state index contributed by atoms with van der Waals surface area (Å²) in [6, 6.07) is 8.24. The maximum absolute atomic E-state index is 5.40. The third kappa shape index (κ3) is 3.08. The van der Waals surface area contributed by atoms with E-state index in [9.17, 15) is 0 Å². The van der Waals surface area contributed by atoms with Crippen LogP contribution >= 0.6 is 12.2 Å². The van der Waals surface area contributed by atoms with E-state index in [4.69, 9.17) is 17.3 Å². The van der Waals surface area contributed by atoms with Gasteiger partial charge in [-0.1, -0.05) is 17.7 Å². The first-order chi connectivity index (χ1) is 11.5. The van der Waals surface area contributed by atoms with Gasteiger partial charge in [0.25, 0.3) is 0 Å². The predicted molar refractivity (Wildman–Crippen MR) is 104 cm³/mol. The first-order valence-electron chi connectivity index (χ1n) is 9.21. The molecule has 0 unspecified atom stereocenters. The molecule has 4 heteroatoms. The van der Waals surface area contributed by atoms with Gasteiger partial charge in [0.15, 0.2) is 5.11 Å². The fourth-order valence-electron chi connectivity index (χ4n) is 5.60. The molecular formula is C20H27N3S. The summed E-state index contributed by atoms with van der Waals surface area (Å²) >= 11 is 5.40. The number of nitrogens with zero attached hydrogens (tertiary/aromatic N) is 1. The highest BCUT2D eigenvalue weighted by atomic mass is 32.1. The summed E-state index contributed by atoms with van der Waals surface area (Å²) in [5.41, 5.74) is 6.93. The Balaban J connectivity index is 1.40. The number of hydrazone groups is 1. The molecule has 5 rings (SSSR count). The molecule has 1 aromatic carbocycles. The zero-order chi connectivity index (χ0) is 16.7. The Hall–Kier alpha value is -1.42. The normalized spacial score (nSPS) is 34.2. The molecule has 2 N–H and O–H groups in total. The van der Waals surface area contributed by atoms with Crippen LogP contribution < -0.4 is 10.7 Å². The molecule has 0 spiro atoms. The molecule has 0 aliphatic heterocycles. The average molecular weight is 342 g/mol. The number of hydrogen-bond acceptors (Lipinski definition) is 2. The molecule has 0 heterocycles. The van der Waals surface area contributed by atoms with Gasteiger partial charge in [-0.15, -0.1) is 0 Å². The van der Waals surface area contributed by atoms with Gasteiger partial charge in [-0.05, 0) is 94.5 Å². The summed E-state index contributed by atoms with van der Waals surface area (Å²) < 4.78 is 0. The van der Waals surface area contributed by atoms with Crippen LogP contribution in [0.1, 0.15) is 51.0 Å². The van der Waals surface area contributed by atoms with E-state index in [1.807, 2.05) is 12.1 Å². The number of hydrogen-bond donors (Lipinski definition) is 2. The van der Waals surface area contributed by atoms with Gasteiger partial charge < -0.3 is 5.32 Å². The Kier molecular flexibility index (Phi) is 4.11. The predicted octanol–water partition coefficient (Wildman–Crippen LogP) is 4.87. The molecule has 0 amide bonds. The van der Waals surface area contributed by atoms with Crippen molar-refractivity contribution >= 4 is 28.7 Å². The molecule has 24 heavy (non-hydrogen) atoms. The van der Waals surface area contributed by atoms with Gasteiger partial charge in [0, 0.05) is 16.8 Å². The monoisotopic (exact) mass is 341 g/mol. The van der Waals surface area contributed by atoms with E-state index in [1.165, 1.54) is 49.8 Å². The molecule has 1 aromatic rings. The molecule has 0 saturated heterocycles.